The number of para-hydroxylation sites is 1. The van der Waals surface area contributed by atoms with Gasteiger partial charge in [-0.25, -0.2) is 19.9 Å². The van der Waals surface area contributed by atoms with Crippen LogP contribution in [-0.4, -0.2) is 24.5 Å². The minimum Gasteiger partial charge on any atom is -0.452 e. The predicted molar refractivity (Wildman–Crippen MR) is 201 cm³/mol. The van der Waals surface area contributed by atoms with E-state index in [-0.39, 0.29) is 0 Å². The van der Waals surface area contributed by atoms with Gasteiger partial charge < -0.3 is 4.42 Å². The third-order valence-corrected chi connectivity index (χ3v) is 9.23. The highest BCUT2D eigenvalue weighted by Crippen LogP contribution is 2.41. The lowest BCUT2D eigenvalue weighted by atomic mass is 10.1. The van der Waals surface area contributed by atoms with Crippen molar-refractivity contribution in [3.05, 3.63) is 164 Å². The molecule has 6 aromatic carbocycles. The van der Waals surface area contributed by atoms with Gasteiger partial charge in [0, 0.05) is 44.5 Å². The lowest BCUT2D eigenvalue weighted by molar-refractivity contribution is 0.668. The van der Waals surface area contributed by atoms with Crippen LogP contribution in [0.2, 0.25) is 0 Å². The summed E-state index contributed by atoms with van der Waals surface area (Å²) < 4.78 is 8.93. The summed E-state index contributed by atoms with van der Waals surface area (Å²) >= 11 is 0. The predicted octanol–water partition coefficient (Wildman–Crippen LogP) is 10.9. The van der Waals surface area contributed by atoms with Crippen LogP contribution >= 0.6 is 0 Å². The molecule has 4 heterocycles. The Bertz CT molecular complexity index is 2790. The molecule has 50 heavy (non-hydrogen) atoms. The third kappa shape index (κ3) is 4.58. The quantitative estimate of drug-likeness (QED) is 0.187. The first-order valence-electron chi connectivity index (χ1n) is 16.6. The Labute approximate surface area is 287 Å². The molecule has 10 aromatic rings. The smallest absolute Gasteiger partial charge is 0.180 e. The summed E-state index contributed by atoms with van der Waals surface area (Å²) in [5, 5.41) is 3.07. The molecule has 4 aromatic heterocycles. The molecule has 0 atom stereocenters. The van der Waals surface area contributed by atoms with Crippen molar-refractivity contribution in [2.45, 2.75) is 0 Å². The average molecular weight is 642 g/mol. The first-order chi connectivity index (χ1) is 24.8. The summed E-state index contributed by atoms with van der Waals surface area (Å²) in [7, 11) is 0. The summed E-state index contributed by atoms with van der Waals surface area (Å²) in [6, 6.07) is 55.5. The number of nitrogens with zero attached hydrogens (tertiary/aromatic N) is 5. The minimum atomic E-state index is 0.649. The number of furan rings is 1. The van der Waals surface area contributed by atoms with Crippen molar-refractivity contribution in [1.29, 1.82) is 0 Å². The van der Waals surface area contributed by atoms with E-state index in [1.54, 1.807) is 0 Å². The zero-order valence-corrected chi connectivity index (χ0v) is 26.7. The van der Waals surface area contributed by atoms with Crippen LogP contribution in [0.1, 0.15) is 0 Å². The third-order valence-electron chi connectivity index (χ3n) is 9.23. The van der Waals surface area contributed by atoms with Gasteiger partial charge in [-0.15, -0.1) is 0 Å². The molecule has 234 valence electrons. The summed E-state index contributed by atoms with van der Waals surface area (Å²) in [6.07, 6.45) is 0. The van der Waals surface area contributed by atoms with Crippen LogP contribution in [-0.2, 0) is 0 Å². The zero-order chi connectivity index (χ0) is 33.0. The number of aromatic nitrogens is 5. The molecule has 0 unspecified atom stereocenters. The zero-order valence-electron chi connectivity index (χ0n) is 26.7. The highest BCUT2D eigenvalue weighted by atomic mass is 16.3. The lowest BCUT2D eigenvalue weighted by Gasteiger charge is -2.12. The molecule has 0 radical (unpaired) electrons. The first-order valence-corrected chi connectivity index (χ1v) is 16.6. The van der Waals surface area contributed by atoms with Crippen LogP contribution in [0.4, 0.5) is 0 Å². The molecule has 10 rings (SSSR count). The van der Waals surface area contributed by atoms with Crippen molar-refractivity contribution in [1.82, 2.24) is 24.5 Å². The number of hydrogen-bond donors (Lipinski definition) is 0. The maximum absolute atomic E-state index is 6.69. The number of hydrogen-bond acceptors (Lipinski definition) is 5. The number of benzene rings is 6. The summed E-state index contributed by atoms with van der Waals surface area (Å²) in [4.78, 5) is 20.5. The molecule has 6 nitrogen and oxygen atoms in total. The topological polar surface area (TPSA) is 69.6 Å². The Balaban J connectivity index is 1.29. The normalized spacial score (nSPS) is 11.6. The average Bonchev–Trinajstić information content (AvgIpc) is 3.72. The molecule has 0 fully saturated rings. The van der Waals surface area contributed by atoms with Crippen LogP contribution in [0, 0.1) is 0 Å². The van der Waals surface area contributed by atoms with Crippen LogP contribution in [0.5, 0.6) is 0 Å². The van der Waals surface area contributed by atoms with Crippen molar-refractivity contribution in [2.75, 3.05) is 0 Å². The fourth-order valence-electron chi connectivity index (χ4n) is 6.88. The van der Waals surface area contributed by atoms with E-state index in [0.717, 1.165) is 77.8 Å². The van der Waals surface area contributed by atoms with Crippen molar-refractivity contribution >= 4 is 43.9 Å². The van der Waals surface area contributed by atoms with Crippen molar-refractivity contribution in [3.8, 4) is 51.1 Å². The number of fused-ring (bicyclic) bond motifs is 6. The van der Waals surface area contributed by atoms with Crippen molar-refractivity contribution in [3.63, 3.8) is 0 Å². The second-order valence-corrected chi connectivity index (χ2v) is 12.3. The Morgan fingerprint density at radius 3 is 1.68 bits per heavy atom. The Kier molecular flexibility index (Phi) is 6.39. The summed E-state index contributed by atoms with van der Waals surface area (Å²) in [5.74, 6) is 2.09. The van der Waals surface area contributed by atoms with Crippen LogP contribution in [0.3, 0.4) is 0 Å². The van der Waals surface area contributed by atoms with E-state index in [9.17, 15) is 0 Å². The van der Waals surface area contributed by atoms with Gasteiger partial charge in [0.1, 0.15) is 22.6 Å². The molecule has 0 spiro atoms. The molecule has 0 aliphatic heterocycles. The van der Waals surface area contributed by atoms with Gasteiger partial charge in [-0.2, -0.15) is 0 Å². The second kappa shape index (κ2) is 11.4. The van der Waals surface area contributed by atoms with E-state index in [1.165, 1.54) is 0 Å². The Morgan fingerprint density at radius 2 is 1.00 bits per heavy atom. The van der Waals surface area contributed by atoms with Crippen molar-refractivity contribution in [2.24, 2.45) is 0 Å². The monoisotopic (exact) mass is 641 g/mol. The first kappa shape index (κ1) is 28.1. The van der Waals surface area contributed by atoms with Gasteiger partial charge in [0.25, 0.3) is 0 Å². The maximum Gasteiger partial charge on any atom is 0.180 e. The molecule has 0 saturated heterocycles. The van der Waals surface area contributed by atoms with E-state index >= 15 is 0 Å². The molecule has 6 heteroatoms. The van der Waals surface area contributed by atoms with Gasteiger partial charge >= 0.3 is 0 Å². The van der Waals surface area contributed by atoms with Crippen LogP contribution in [0.15, 0.2) is 168 Å². The number of rotatable bonds is 5. The second-order valence-electron chi connectivity index (χ2n) is 12.3. The molecule has 0 N–H and O–H groups in total. The lowest BCUT2D eigenvalue weighted by Crippen LogP contribution is -2.02. The van der Waals surface area contributed by atoms with Gasteiger partial charge in [-0.1, -0.05) is 140 Å². The van der Waals surface area contributed by atoms with E-state index < -0.39 is 0 Å². The van der Waals surface area contributed by atoms with Crippen LogP contribution in [0.25, 0.3) is 95.0 Å². The molecular formula is C44H27N5O. The van der Waals surface area contributed by atoms with Crippen LogP contribution < -0.4 is 0 Å². The molecule has 0 bridgehead atoms. The summed E-state index contributed by atoms with van der Waals surface area (Å²) in [5.41, 5.74) is 9.73. The molecular weight excluding hydrogens is 615 g/mol. The maximum atomic E-state index is 6.69. The molecule has 0 aliphatic rings. The SMILES string of the molecule is c1ccc(-c2cc(-n3c4ccccc4c4cc5oc6c(-c7ccccc7)nc(-c7ccccc7)nc6c5cc43)nc(-c3ccccc3)n2)cc1. The standard InChI is InChI=1S/C44H27N5O/c1-5-15-28(16-6-1)35-27-39(46-43(45-35)30-19-9-3-10-20-30)49-36-24-14-13-23-32(36)33-26-38-34(25-37(33)49)41-42(50-38)40(29-17-7-2-8-18-29)47-44(48-41)31-21-11-4-12-22-31/h1-27H. The largest absolute Gasteiger partial charge is 0.452 e. The van der Waals surface area contributed by atoms with E-state index in [1.807, 2.05) is 84.9 Å². The van der Waals surface area contributed by atoms with E-state index in [0.29, 0.717) is 17.2 Å². The van der Waals surface area contributed by atoms with E-state index in [4.69, 9.17) is 24.4 Å². The minimum absolute atomic E-state index is 0.649. The highest BCUT2D eigenvalue weighted by molar-refractivity contribution is 6.17. The highest BCUT2D eigenvalue weighted by Gasteiger charge is 2.22. The van der Waals surface area contributed by atoms with E-state index in [2.05, 4.69) is 83.4 Å². The van der Waals surface area contributed by atoms with Gasteiger partial charge in [0.05, 0.1) is 16.7 Å². The molecule has 0 aliphatic carbocycles. The fraction of sp³-hybridized carbons (Fsp3) is 0. The van der Waals surface area contributed by atoms with Gasteiger partial charge in [0.2, 0.25) is 0 Å². The van der Waals surface area contributed by atoms with Gasteiger partial charge in [-0.3, -0.25) is 4.57 Å². The molecule has 0 amide bonds. The Morgan fingerprint density at radius 1 is 0.420 bits per heavy atom. The summed E-state index contributed by atoms with van der Waals surface area (Å²) in [6.45, 7) is 0. The fourth-order valence-corrected chi connectivity index (χ4v) is 6.88. The van der Waals surface area contributed by atoms with Gasteiger partial charge in [0.15, 0.2) is 17.2 Å². The Hall–Kier alpha value is -6.92. The van der Waals surface area contributed by atoms with Crippen molar-refractivity contribution < 1.29 is 4.42 Å². The molecule has 0 saturated carbocycles. The van der Waals surface area contributed by atoms with Gasteiger partial charge in [-0.05, 0) is 18.2 Å².